The maximum atomic E-state index is 14.5. The van der Waals surface area contributed by atoms with Crippen LogP contribution < -0.4 is 0 Å². The van der Waals surface area contributed by atoms with E-state index in [0.29, 0.717) is 0 Å². The van der Waals surface area contributed by atoms with Crippen LogP contribution >= 0.6 is 0 Å². The number of aryl methyl sites for hydroxylation is 2. The highest BCUT2D eigenvalue weighted by atomic mass is 19.1. The van der Waals surface area contributed by atoms with Crippen molar-refractivity contribution in [1.29, 1.82) is 0 Å². The maximum Gasteiger partial charge on any atom is 0.126 e. The van der Waals surface area contributed by atoms with E-state index in [-0.39, 0.29) is 5.82 Å². The molecule has 0 aliphatic heterocycles. The Balaban J connectivity index is 1.40. The minimum absolute atomic E-state index is 0.0119. The van der Waals surface area contributed by atoms with Gasteiger partial charge in [0.25, 0.3) is 0 Å². The largest absolute Gasteiger partial charge is 0.207 e. The predicted molar refractivity (Wildman–Crippen MR) is 112 cm³/mol. The lowest BCUT2D eigenvalue weighted by atomic mass is 9.61. The quantitative estimate of drug-likeness (QED) is 0.479. The van der Waals surface area contributed by atoms with Gasteiger partial charge >= 0.3 is 0 Å². The van der Waals surface area contributed by atoms with Crippen molar-refractivity contribution >= 4 is 0 Å². The molecule has 5 atom stereocenters. The molecule has 0 spiro atoms. The van der Waals surface area contributed by atoms with Gasteiger partial charge in [-0.1, -0.05) is 31.9 Å². The van der Waals surface area contributed by atoms with Crippen molar-refractivity contribution in [1.82, 2.24) is 0 Å². The van der Waals surface area contributed by atoms with Crippen molar-refractivity contribution in [2.45, 2.75) is 84.0 Å². The van der Waals surface area contributed by atoms with Crippen molar-refractivity contribution in [3.05, 3.63) is 47.3 Å². The van der Waals surface area contributed by atoms with E-state index < -0.39 is 0 Å². The molecule has 3 aliphatic rings. The van der Waals surface area contributed by atoms with Gasteiger partial charge in [0.1, 0.15) is 5.82 Å². The Morgan fingerprint density at radius 3 is 2.48 bits per heavy atom. The second-order valence-corrected chi connectivity index (χ2v) is 9.72. The summed E-state index contributed by atoms with van der Waals surface area (Å²) in [4.78, 5) is 0. The summed E-state index contributed by atoms with van der Waals surface area (Å²) < 4.78 is 14.5. The maximum absolute atomic E-state index is 14.5. The molecule has 1 aromatic carbocycles. The number of hydrogen-bond acceptors (Lipinski definition) is 0. The average Bonchev–Trinajstić information content (AvgIpc) is 2.71. The molecular weight excluding hydrogens is 331 g/mol. The molecule has 27 heavy (non-hydrogen) atoms. The van der Waals surface area contributed by atoms with Gasteiger partial charge in [-0.25, -0.2) is 4.39 Å². The minimum Gasteiger partial charge on any atom is -0.207 e. The summed E-state index contributed by atoms with van der Waals surface area (Å²) in [6.45, 7) is 6.14. The fraction of sp³-hybridized carbons (Fsp3) is 0.692. The topological polar surface area (TPSA) is 0 Å². The molecule has 0 N–H and O–H groups in total. The average molecular weight is 369 g/mol. The smallest absolute Gasteiger partial charge is 0.126 e. The fourth-order valence-electron chi connectivity index (χ4n) is 6.53. The zero-order chi connectivity index (χ0) is 18.8. The lowest BCUT2D eigenvalue weighted by molar-refractivity contribution is 0.0708. The Bertz CT molecular complexity index is 660. The van der Waals surface area contributed by atoms with Gasteiger partial charge in [-0.2, -0.15) is 0 Å². The Morgan fingerprint density at radius 2 is 1.70 bits per heavy atom. The van der Waals surface area contributed by atoms with Gasteiger partial charge in [0.15, 0.2) is 0 Å². The first kappa shape index (κ1) is 19.2. The summed E-state index contributed by atoms with van der Waals surface area (Å²) in [6.07, 6.45) is 17.3. The van der Waals surface area contributed by atoms with E-state index in [0.717, 1.165) is 60.8 Å². The Kier molecular flexibility index (Phi) is 6.05. The monoisotopic (exact) mass is 368 g/mol. The summed E-state index contributed by atoms with van der Waals surface area (Å²) in [6, 6.07) is 4.03. The lowest BCUT2D eigenvalue weighted by Crippen LogP contribution is -2.35. The van der Waals surface area contributed by atoms with Crippen LogP contribution in [0.3, 0.4) is 0 Å². The number of fused-ring (bicyclic) bond motifs is 2. The normalized spacial score (nSPS) is 33.2. The molecule has 2 fully saturated rings. The van der Waals surface area contributed by atoms with Crippen LogP contribution in [-0.2, 0) is 19.3 Å². The number of allylic oxidation sites excluding steroid dienone is 1. The SMILES string of the molecule is C=CCCc1cc2c(cc1F)CC(C1CCC3CC(CC)CCC3C1)CC2. The zero-order valence-electron chi connectivity index (χ0n) is 17.2. The fourth-order valence-corrected chi connectivity index (χ4v) is 6.53. The van der Waals surface area contributed by atoms with Gasteiger partial charge in [-0.05, 0) is 117 Å². The predicted octanol–water partition coefficient (Wildman–Crippen LogP) is 7.29. The Labute approximate surface area is 165 Å². The first-order valence-corrected chi connectivity index (χ1v) is 11.6. The number of halogens is 1. The molecule has 0 bridgehead atoms. The van der Waals surface area contributed by atoms with Crippen LogP contribution in [0.25, 0.3) is 0 Å². The third-order valence-electron chi connectivity index (χ3n) is 8.26. The summed E-state index contributed by atoms with van der Waals surface area (Å²) in [7, 11) is 0. The number of benzene rings is 1. The molecule has 148 valence electrons. The standard InChI is InChI=1S/C26H37F/c1-3-5-6-24-15-23-12-11-22(16-25(23)17-26(24)27)21-10-9-19-13-18(4-2)7-8-20(19)14-21/h3,15,17-22H,1,4-14,16H2,2H3. The highest BCUT2D eigenvalue weighted by Crippen LogP contribution is 2.48. The van der Waals surface area contributed by atoms with Crippen LogP contribution in [0.5, 0.6) is 0 Å². The summed E-state index contributed by atoms with van der Waals surface area (Å²) in [5.41, 5.74) is 3.62. The van der Waals surface area contributed by atoms with Crippen molar-refractivity contribution in [3.63, 3.8) is 0 Å². The van der Waals surface area contributed by atoms with Gasteiger partial charge in [0, 0.05) is 0 Å². The van der Waals surface area contributed by atoms with E-state index >= 15 is 0 Å². The van der Waals surface area contributed by atoms with Gasteiger partial charge < -0.3 is 0 Å². The van der Waals surface area contributed by atoms with E-state index in [1.807, 2.05) is 12.1 Å². The third-order valence-corrected chi connectivity index (χ3v) is 8.26. The highest BCUT2D eigenvalue weighted by Gasteiger charge is 2.38. The van der Waals surface area contributed by atoms with Crippen LogP contribution in [0.4, 0.5) is 4.39 Å². The molecule has 2 saturated carbocycles. The van der Waals surface area contributed by atoms with E-state index in [4.69, 9.17) is 0 Å². The van der Waals surface area contributed by atoms with Gasteiger partial charge in [-0.15, -0.1) is 6.58 Å². The summed E-state index contributed by atoms with van der Waals surface area (Å²) in [5.74, 6) is 4.70. The first-order chi connectivity index (χ1) is 13.2. The molecule has 0 heterocycles. The number of hydrogen-bond donors (Lipinski definition) is 0. The van der Waals surface area contributed by atoms with Crippen LogP contribution in [-0.4, -0.2) is 0 Å². The van der Waals surface area contributed by atoms with Gasteiger partial charge in [0.05, 0.1) is 0 Å². The van der Waals surface area contributed by atoms with Crippen molar-refractivity contribution < 1.29 is 4.39 Å². The van der Waals surface area contributed by atoms with Crippen LogP contribution in [0.15, 0.2) is 24.8 Å². The molecule has 1 aromatic rings. The lowest BCUT2D eigenvalue weighted by Gasteiger charge is -2.45. The van der Waals surface area contributed by atoms with Crippen LogP contribution in [0.2, 0.25) is 0 Å². The third kappa shape index (κ3) is 4.17. The van der Waals surface area contributed by atoms with E-state index in [1.165, 1.54) is 62.5 Å². The summed E-state index contributed by atoms with van der Waals surface area (Å²) >= 11 is 0. The molecule has 0 amide bonds. The molecular formula is C26H37F. The molecule has 0 radical (unpaired) electrons. The molecule has 0 aromatic heterocycles. The zero-order valence-corrected chi connectivity index (χ0v) is 17.2. The molecule has 4 rings (SSSR count). The van der Waals surface area contributed by atoms with Crippen molar-refractivity contribution in [2.24, 2.45) is 29.6 Å². The van der Waals surface area contributed by atoms with Gasteiger partial charge in [-0.3, -0.25) is 0 Å². The minimum atomic E-state index is 0.0119. The molecule has 5 unspecified atom stereocenters. The van der Waals surface area contributed by atoms with Crippen LogP contribution in [0, 0.1) is 35.4 Å². The second kappa shape index (κ2) is 8.50. The van der Waals surface area contributed by atoms with E-state index in [9.17, 15) is 4.39 Å². The Morgan fingerprint density at radius 1 is 0.963 bits per heavy atom. The van der Waals surface area contributed by atoms with E-state index in [2.05, 4.69) is 19.6 Å². The molecule has 0 nitrogen and oxygen atoms in total. The molecule has 0 saturated heterocycles. The van der Waals surface area contributed by atoms with Crippen molar-refractivity contribution in [3.8, 4) is 0 Å². The highest BCUT2D eigenvalue weighted by molar-refractivity contribution is 5.35. The Hall–Kier alpha value is -1.11. The second-order valence-electron chi connectivity index (χ2n) is 9.72. The van der Waals surface area contributed by atoms with E-state index in [1.54, 1.807) is 0 Å². The number of rotatable bonds is 5. The van der Waals surface area contributed by atoms with Crippen molar-refractivity contribution in [2.75, 3.05) is 0 Å². The van der Waals surface area contributed by atoms with Crippen LogP contribution in [0.1, 0.15) is 81.4 Å². The first-order valence-electron chi connectivity index (χ1n) is 11.6. The van der Waals surface area contributed by atoms with Gasteiger partial charge in [0.2, 0.25) is 0 Å². The molecule has 1 heteroatoms. The summed E-state index contributed by atoms with van der Waals surface area (Å²) in [5, 5.41) is 0. The molecule has 3 aliphatic carbocycles.